The Labute approximate surface area is 237 Å². The van der Waals surface area contributed by atoms with Crippen molar-refractivity contribution in [1.29, 1.82) is 0 Å². The number of ether oxygens (including phenoxy) is 2. The van der Waals surface area contributed by atoms with Crippen LogP contribution in [0.3, 0.4) is 0 Å². The maximum Gasteiger partial charge on any atom is 0.417 e. The number of benzene rings is 1. The van der Waals surface area contributed by atoms with Crippen LogP contribution in [0.15, 0.2) is 6.07 Å². The van der Waals surface area contributed by atoms with Crippen molar-refractivity contribution < 1.29 is 36.5 Å². The van der Waals surface area contributed by atoms with E-state index in [-0.39, 0.29) is 47.3 Å². The molecule has 5 heterocycles. The molecule has 2 saturated heterocycles. The fourth-order valence-electron chi connectivity index (χ4n) is 6.06. The number of rotatable bonds is 4. The molecule has 15 heteroatoms. The van der Waals surface area contributed by atoms with Gasteiger partial charge in [0.25, 0.3) is 0 Å². The lowest BCUT2D eigenvalue weighted by atomic mass is 9.96. The van der Waals surface area contributed by atoms with E-state index in [1.165, 1.54) is 0 Å². The lowest BCUT2D eigenvalue weighted by Crippen LogP contribution is -2.56. The van der Waals surface area contributed by atoms with Crippen LogP contribution in [0.1, 0.15) is 24.5 Å². The van der Waals surface area contributed by atoms with Crippen molar-refractivity contribution in [2.24, 2.45) is 0 Å². The van der Waals surface area contributed by atoms with Crippen molar-refractivity contribution in [3.05, 3.63) is 28.8 Å². The molecule has 0 radical (unpaired) electrons. The Morgan fingerprint density at radius 2 is 1.95 bits per heavy atom. The van der Waals surface area contributed by atoms with Crippen LogP contribution in [0.2, 0.25) is 0 Å². The first-order valence-corrected chi connectivity index (χ1v) is 13.6. The average molecular weight is 596 g/mol. The van der Waals surface area contributed by atoms with E-state index in [9.17, 15) is 22.7 Å². The zero-order valence-electron chi connectivity index (χ0n) is 23.1. The van der Waals surface area contributed by atoms with Crippen molar-refractivity contribution in [3.8, 4) is 23.1 Å². The summed E-state index contributed by atoms with van der Waals surface area (Å²) in [5, 5.41) is 13.7. The number of hydrogen-bond donors (Lipinski definition) is 3. The number of nitrogens with one attached hydrogen (secondary N) is 1. The van der Waals surface area contributed by atoms with Crippen LogP contribution < -0.4 is 25.4 Å². The SMILES string of the molecule is Cc1c(F)c(N)cc(-c2nc3c4c(nc(OC[C@H]5[C@@H](O)CCN5C)nc4c2F)N2CCNC[C@H]2[C@H](C)O3)c1C(F)(F)F. The molecule has 4 atom stereocenters. The second-order valence-corrected chi connectivity index (χ2v) is 11.0. The van der Waals surface area contributed by atoms with Gasteiger partial charge >= 0.3 is 12.2 Å². The lowest BCUT2D eigenvalue weighted by molar-refractivity contribution is -0.137. The van der Waals surface area contributed by atoms with Crippen LogP contribution in [0.5, 0.6) is 11.9 Å². The Morgan fingerprint density at radius 3 is 2.64 bits per heavy atom. The average Bonchev–Trinajstić information content (AvgIpc) is 3.20. The van der Waals surface area contributed by atoms with Gasteiger partial charge in [-0.2, -0.15) is 23.1 Å². The summed E-state index contributed by atoms with van der Waals surface area (Å²) in [5.41, 5.74) is 1.07. The molecule has 4 N–H and O–H groups in total. The summed E-state index contributed by atoms with van der Waals surface area (Å²) in [4.78, 5) is 16.9. The molecule has 2 aromatic heterocycles. The van der Waals surface area contributed by atoms with Gasteiger partial charge in [-0.05, 0) is 38.9 Å². The van der Waals surface area contributed by atoms with E-state index in [0.29, 0.717) is 32.6 Å². The lowest BCUT2D eigenvalue weighted by Gasteiger charge is -2.38. The van der Waals surface area contributed by atoms with Gasteiger partial charge in [-0.1, -0.05) is 0 Å². The van der Waals surface area contributed by atoms with E-state index in [2.05, 4.69) is 20.3 Å². The predicted octanol–water partition coefficient (Wildman–Crippen LogP) is 2.88. The second-order valence-electron chi connectivity index (χ2n) is 11.0. The number of nitrogen functional groups attached to an aromatic ring is 1. The summed E-state index contributed by atoms with van der Waals surface area (Å²) < 4.78 is 85.7. The first-order chi connectivity index (χ1) is 19.9. The minimum atomic E-state index is -5.05. The Balaban J connectivity index is 1.58. The fourth-order valence-corrected chi connectivity index (χ4v) is 6.06. The number of anilines is 2. The standard InChI is InChI=1S/C27H30F5N7O3/c1-11-19(27(30,31)32)13(8-14(33)20(11)28)22-21(29)23-18-24(37-26(36-23)41-10-16-17(40)4-6-38(16)3)39-7-5-34-9-15(39)12(2)42-25(18)35-22/h8,12,15-17,34,40H,4-7,9-10,33H2,1-3H3/t12-,15-,16-,17-/m0/s1. The normalized spacial score (nSPS) is 24.5. The van der Waals surface area contributed by atoms with Crippen LogP contribution in [-0.4, -0.2) is 89.1 Å². The Morgan fingerprint density at radius 1 is 1.19 bits per heavy atom. The summed E-state index contributed by atoms with van der Waals surface area (Å²) in [6.45, 7) is 4.92. The third kappa shape index (κ3) is 4.63. The van der Waals surface area contributed by atoms with Gasteiger partial charge in [-0.15, -0.1) is 0 Å². The van der Waals surface area contributed by atoms with E-state index < -0.39 is 58.1 Å². The number of alkyl halides is 3. The first kappa shape index (κ1) is 28.6. The fraction of sp³-hybridized carbons (Fsp3) is 0.519. The highest BCUT2D eigenvalue weighted by atomic mass is 19.4. The molecule has 0 unspecified atom stereocenters. The third-order valence-electron chi connectivity index (χ3n) is 8.34. The first-order valence-electron chi connectivity index (χ1n) is 13.6. The highest BCUT2D eigenvalue weighted by Crippen LogP contribution is 2.46. The number of aliphatic hydroxyl groups is 1. The maximum absolute atomic E-state index is 16.5. The monoisotopic (exact) mass is 595 g/mol. The molecule has 10 nitrogen and oxygen atoms in total. The third-order valence-corrected chi connectivity index (χ3v) is 8.34. The zero-order valence-corrected chi connectivity index (χ0v) is 23.1. The van der Waals surface area contributed by atoms with E-state index in [1.54, 1.807) is 6.92 Å². The number of fused-ring (bicyclic) bond motifs is 2. The molecular formula is C27H30F5N7O3. The Hall–Kier alpha value is -3.56. The zero-order chi connectivity index (χ0) is 30.1. The molecule has 6 rings (SSSR count). The van der Waals surface area contributed by atoms with Crippen LogP contribution in [0.4, 0.5) is 33.5 Å². The van der Waals surface area contributed by atoms with Gasteiger partial charge in [0.2, 0.25) is 5.88 Å². The Kier molecular flexibility index (Phi) is 7.01. The van der Waals surface area contributed by atoms with E-state index in [0.717, 1.165) is 13.0 Å². The quantitative estimate of drug-likeness (QED) is 0.307. The van der Waals surface area contributed by atoms with E-state index in [1.807, 2.05) is 16.8 Å². The molecule has 226 valence electrons. The number of nitrogens with zero attached hydrogens (tertiary/aromatic N) is 5. The molecule has 0 aliphatic carbocycles. The van der Waals surface area contributed by atoms with Gasteiger partial charge in [0.05, 0.1) is 29.4 Å². The maximum atomic E-state index is 16.5. The summed E-state index contributed by atoms with van der Waals surface area (Å²) in [5.74, 6) is -2.34. The van der Waals surface area contributed by atoms with Gasteiger partial charge in [0, 0.05) is 31.7 Å². The van der Waals surface area contributed by atoms with E-state index >= 15 is 4.39 Å². The van der Waals surface area contributed by atoms with Crippen LogP contribution in [0.25, 0.3) is 22.2 Å². The van der Waals surface area contributed by atoms with Gasteiger partial charge < -0.3 is 30.5 Å². The predicted molar refractivity (Wildman–Crippen MR) is 143 cm³/mol. The molecule has 3 aromatic rings. The number of halogens is 5. The van der Waals surface area contributed by atoms with Gasteiger partial charge in [-0.25, -0.2) is 13.8 Å². The molecule has 0 amide bonds. The molecule has 2 fully saturated rings. The van der Waals surface area contributed by atoms with Crippen LogP contribution >= 0.6 is 0 Å². The molecule has 0 bridgehead atoms. The topological polar surface area (TPSA) is 122 Å². The number of likely N-dealkylation sites (N-methyl/N-ethyl adjacent to an activating group) is 1. The number of piperazine rings is 1. The molecule has 0 spiro atoms. The molecule has 42 heavy (non-hydrogen) atoms. The van der Waals surface area contributed by atoms with Gasteiger partial charge in [0.15, 0.2) is 5.82 Å². The highest BCUT2D eigenvalue weighted by Gasteiger charge is 2.41. The Bertz CT molecular complexity index is 1550. The summed E-state index contributed by atoms with van der Waals surface area (Å²) in [6, 6.07) is -0.127. The van der Waals surface area contributed by atoms with Crippen molar-refractivity contribution in [2.75, 3.05) is 50.5 Å². The molecule has 1 aromatic carbocycles. The van der Waals surface area contributed by atoms with Gasteiger partial charge in [-0.3, -0.25) is 4.90 Å². The number of likely N-dealkylation sites (tertiary alicyclic amines) is 1. The van der Waals surface area contributed by atoms with Crippen LogP contribution in [-0.2, 0) is 6.18 Å². The molecule has 3 aliphatic heterocycles. The second kappa shape index (κ2) is 10.3. The minimum absolute atomic E-state index is 0.00116. The van der Waals surface area contributed by atoms with Gasteiger partial charge in [0.1, 0.15) is 40.9 Å². The number of aliphatic hydroxyl groups excluding tert-OH is 1. The number of pyridine rings is 1. The van der Waals surface area contributed by atoms with Crippen molar-refractivity contribution in [3.63, 3.8) is 0 Å². The largest absolute Gasteiger partial charge is 0.472 e. The van der Waals surface area contributed by atoms with Crippen molar-refractivity contribution >= 4 is 22.4 Å². The van der Waals surface area contributed by atoms with Crippen molar-refractivity contribution in [1.82, 2.24) is 25.2 Å². The minimum Gasteiger partial charge on any atom is -0.472 e. The molecule has 0 saturated carbocycles. The summed E-state index contributed by atoms with van der Waals surface area (Å²) >= 11 is 0. The number of aromatic nitrogens is 3. The van der Waals surface area contributed by atoms with E-state index in [4.69, 9.17) is 15.2 Å². The summed E-state index contributed by atoms with van der Waals surface area (Å²) in [7, 11) is 1.84. The van der Waals surface area contributed by atoms with Crippen molar-refractivity contribution in [2.45, 2.75) is 50.7 Å². The highest BCUT2D eigenvalue weighted by molar-refractivity contribution is 5.97. The molecule has 3 aliphatic rings. The van der Waals surface area contributed by atoms with Crippen LogP contribution in [0, 0.1) is 18.6 Å². The summed E-state index contributed by atoms with van der Waals surface area (Å²) in [6.07, 6.45) is -5.67. The molecular weight excluding hydrogens is 565 g/mol. The number of hydrogen-bond acceptors (Lipinski definition) is 10. The smallest absolute Gasteiger partial charge is 0.417 e. The number of nitrogens with two attached hydrogens (primary N) is 1.